The van der Waals surface area contributed by atoms with Gasteiger partial charge in [0.15, 0.2) is 0 Å². The molecule has 36 nitrogen and oxygen atoms in total. The number of phenols is 1. The van der Waals surface area contributed by atoms with Gasteiger partial charge in [-0.25, -0.2) is 14.6 Å². The number of nitrogens with zero attached hydrogens (tertiary/aromatic N) is 2. The SMILES string of the molecule is CC(C)CC(NC(=O)C1CCCN1C(=O)CNC(=O)C(Cc1ccccc1)NC(=O)C(Cc1cnc[nH]1)NC(=O)C(CS)NC(=O)C(CO)NC(=O)C(N)Cc1ccc(O)cc1)C(=O)NC(C(=O)NC(Cc1c[nH]c2ccccc12)C(=O)NC(C(=O)NC(CS)C(=O)NC(CCCCN)C(=O)O)C(C)C)C(C)O.O=C(O)C(F)(F)F. The van der Waals surface area contributed by atoms with Gasteiger partial charge < -0.3 is 110 Å². The van der Waals surface area contributed by atoms with Gasteiger partial charge in [0, 0.05) is 66.3 Å². The molecule has 41 heteroatoms. The summed E-state index contributed by atoms with van der Waals surface area (Å²) in [4.78, 5) is 201. The number of carbonyl (C=O) groups is 14. The Morgan fingerprint density at radius 3 is 1.67 bits per heavy atom. The topological polar surface area (TPSA) is 572 Å². The Kier molecular flexibility index (Phi) is 38.3. The number of likely N-dealkylation sites (tertiary alicyclic amines) is 1. The molecular weight excluding hydrogens is 1550 g/mol. The smallest absolute Gasteiger partial charge is 0.490 e. The highest BCUT2D eigenvalue weighted by Crippen LogP contribution is 2.22. The van der Waals surface area contributed by atoms with E-state index in [-0.39, 0.29) is 74.7 Å². The van der Waals surface area contributed by atoms with E-state index in [9.17, 15) is 95.9 Å². The van der Waals surface area contributed by atoms with E-state index < -0.39 is 187 Å². The number of fused-ring (bicyclic) bond motifs is 1. The molecule has 22 N–H and O–H groups in total. The third-order valence-corrected chi connectivity index (χ3v) is 18.9. The van der Waals surface area contributed by atoms with Gasteiger partial charge in [0.2, 0.25) is 70.9 Å². The van der Waals surface area contributed by atoms with Crippen LogP contribution in [-0.2, 0) is 92.8 Å². The fourth-order valence-electron chi connectivity index (χ4n) is 12.0. The van der Waals surface area contributed by atoms with Crippen molar-refractivity contribution in [2.75, 3.05) is 37.7 Å². The first kappa shape index (κ1) is 94.7. The van der Waals surface area contributed by atoms with Crippen molar-refractivity contribution in [1.29, 1.82) is 0 Å². The van der Waals surface area contributed by atoms with Crippen LogP contribution in [-0.4, -0.2) is 251 Å². The van der Waals surface area contributed by atoms with Crippen LogP contribution in [0.4, 0.5) is 13.2 Å². The Morgan fingerprint density at radius 2 is 1.10 bits per heavy atom. The van der Waals surface area contributed by atoms with Gasteiger partial charge in [-0.05, 0) is 105 Å². The lowest BCUT2D eigenvalue weighted by atomic mass is 9.99. The van der Waals surface area contributed by atoms with Crippen LogP contribution < -0.4 is 70.0 Å². The number of hydrogen-bond acceptors (Lipinski definition) is 22. The summed E-state index contributed by atoms with van der Waals surface area (Å²) < 4.78 is 31.7. The first-order valence-corrected chi connectivity index (χ1v) is 38.1. The molecule has 13 unspecified atom stereocenters. The molecule has 2 aromatic heterocycles. The zero-order chi connectivity index (χ0) is 85.4. The second kappa shape index (κ2) is 46.5. The number of aliphatic carboxylic acids is 2. The number of carbonyl (C=O) groups excluding carboxylic acids is 12. The molecule has 0 radical (unpaired) electrons. The zero-order valence-electron chi connectivity index (χ0n) is 63.7. The number of carboxylic acid groups (broad SMARTS) is 2. The summed E-state index contributed by atoms with van der Waals surface area (Å²) in [7, 11) is 0. The number of aromatic hydroxyl groups is 1. The number of H-pyrrole nitrogens is 2. The number of imidazole rings is 1. The Morgan fingerprint density at radius 1 is 0.591 bits per heavy atom. The quantitative estimate of drug-likeness (QED) is 0.0147. The number of nitrogens with one attached hydrogen (secondary N) is 13. The number of benzene rings is 3. The second-order valence-electron chi connectivity index (χ2n) is 28.0. The molecule has 12 amide bonds. The maximum atomic E-state index is 14.6. The lowest BCUT2D eigenvalue weighted by molar-refractivity contribution is -0.192. The summed E-state index contributed by atoms with van der Waals surface area (Å²) >= 11 is 8.48. The van der Waals surface area contributed by atoms with Gasteiger partial charge in [-0.3, -0.25) is 57.5 Å². The van der Waals surface area contributed by atoms with Crippen molar-refractivity contribution in [3.63, 3.8) is 0 Å². The number of unbranched alkanes of at least 4 members (excludes halogenated alkanes) is 1. The highest BCUT2D eigenvalue weighted by atomic mass is 32.1. The summed E-state index contributed by atoms with van der Waals surface area (Å²) in [6.07, 6.45) is -1.51. The van der Waals surface area contributed by atoms with Crippen molar-refractivity contribution >= 4 is 119 Å². The molecule has 3 aromatic carbocycles. The third-order valence-electron chi connectivity index (χ3n) is 18.2. The summed E-state index contributed by atoms with van der Waals surface area (Å²) in [5, 5.41) is 76.7. The minimum Gasteiger partial charge on any atom is -0.508 e. The molecule has 1 aliphatic rings. The van der Waals surface area contributed by atoms with Crippen molar-refractivity contribution in [2.24, 2.45) is 23.3 Å². The number of rotatable bonds is 43. The van der Waals surface area contributed by atoms with Crippen LogP contribution in [0.2, 0.25) is 0 Å². The summed E-state index contributed by atoms with van der Waals surface area (Å²) in [5.74, 6) is -16.1. The van der Waals surface area contributed by atoms with Gasteiger partial charge in [0.1, 0.15) is 72.2 Å². The van der Waals surface area contributed by atoms with Gasteiger partial charge >= 0.3 is 18.1 Å². The average molecular weight is 1650 g/mol. The molecule has 0 saturated carbocycles. The number of carboxylic acids is 2. The largest absolute Gasteiger partial charge is 0.508 e. The molecule has 0 spiro atoms. The molecule has 1 aliphatic heterocycles. The maximum Gasteiger partial charge on any atom is 0.490 e. The molecule has 0 bridgehead atoms. The Bertz CT molecular complexity index is 4110. The number of amides is 12. The van der Waals surface area contributed by atoms with Crippen LogP contribution in [0.25, 0.3) is 10.9 Å². The minimum atomic E-state index is -5.08. The molecule has 1 fully saturated rings. The number of alkyl halides is 3. The normalized spacial score (nSPS) is 15.8. The Balaban J connectivity index is 0.00000321. The monoisotopic (exact) mass is 1650 g/mol. The van der Waals surface area contributed by atoms with E-state index >= 15 is 0 Å². The van der Waals surface area contributed by atoms with Gasteiger partial charge in [-0.15, -0.1) is 0 Å². The predicted octanol–water partition coefficient (Wildman–Crippen LogP) is -2.07. The molecular formula is C74H102F3N17O19S2. The number of phenolic OH excluding ortho intramolecular Hbond substituents is 1. The summed E-state index contributed by atoms with van der Waals surface area (Å²) in [6.45, 7) is 6.74. The van der Waals surface area contributed by atoms with Crippen LogP contribution in [0.5, 0.6) is 5.75 Å². The van der Waals surface area contributed by atoms with E-state index in [2.05, 4.69) is 98.7 Å². The third kappa shape index (κ3) is 30.4. The number of para-hydroxylation sites is 1. The molecule has 6 rings (SSSR count). The molecule has 630 valence electrons. The van der Waals surface area contributed by atoms with Crippen LogP contribution in [0.3, 0.4) is 0 Å². The predicted molar refractivity (Wildman–Crippen MR) is 416 cm³/mol. The fraction of sp³-hybridized carbons (Fsp3) is 0.500. The van der Waals surface area contributed by atoms with Crippen LogP contribution in [0.1, 0.15) is 95.5 Å². The molecule has 3 heterocycles. The second-order valence-corrected chi connectivity index (χ2v) is 28.8. The van der Waals surface area contributed by atoms with Crippen LogP contribution in [0, 0.1) is 11.8 Å². The highest BCUT2D eigenvalue weighted by Gasteiger charge is 2.41. The van der Waals surface area contributed by atoms with Gasteiger partial charge in [-0.2, -0.15) is 38.4 Å². The van der Waals surface area contributed by atoms with E-state index in [0.717, 1.165) is 0 Å². The number of halogens is 3. The van der Waals surface area contributed by atoms with E-state index in [1.54, 1.807) is 101 Å². The zero-order valence-corrected chi connectivity index (χ0v) is 65.5. The minimum absolute atomic E-state index is 0.00274. The first-order valence-electron chi connectivity index (χ1n) is 36.8. The number of aromatic nitrogens is 3. The lowest BCUT2D eigenvalue weighted by Gasteiger charge is -2.30. The molecule has 1 saturated heterocycles. The molecule has 115 heavy (non-hydrogen) atoms. The van der Waals surface area contributed by atoms with Crippen molar-refractivity contribution < 1.29 is 106 Å². The van der Waals surface area contributed by atoms with Gasteiger partial charge in [0.25, 0.3) is 0 Å². The molecule has 0 aliphatic carbocycles. The van der Waals surface area contributed by atoms with Gasteiger partial charge in [-0.1, -0.05) is 88.4 Å². The number of nitrogens with two attached hydrogens (primary N) is 2. The number of aliphatic hydroxyl groups excluding tert-OH is 2. The number of hydrogen-bond donors (Lipinski definition) is 22. The number of aromatic amines is 2. The van der Waals surface area contributed by atoms with Crippen molar-refractivity contribution in [3.8, 4) is 5.75 Å². The first-order chi connectivity index (χ1) is 54.4. The summed E-state index contributed by atoms with van der Waals surface area (Å²) in [6, 6.07) is 4.60. The lowest BCUT2D eigenvalue weighted by Crippen LogP contribution is -2.62. The number of thiol groups is 2. The van der Waals surface area contributed by atoms with Crippen molar-refractivity contribution in [1.82, 2.24) is 78.3 Å². The van der Waals surface area contributed by atoms with E-state index in [1.165, 1.54) is 36.5 Å². The fourth-order valence-corrected chi connectivity index (χ4v) is 12.5. The Labute approximate surface area is 670 Å². The van der Waals surface area contributed by atoms with E-state index in [4.69, 9.17) is 21.4 Å². The van der Waals surface area contributed by atoms with Crippen LogP contribution in [0.15, 0.2) is 97.6 Å². The maximum absolute atomic E-state index is 14.6. The average Bonchev–Trinajstić information content (AvgIpc) is 1.73. The van der Waals surface area contributed by atoms with Crippen LogP contribution >= 0.6 is 25.3 Å². The van der Waals surface area contributed by atoms with Crippen molar-refractivity contribution in [3.05, 3.63) is 120 Å². The molecule has 5 aromatic rings. The summed E-state index contributed by atoms with van der Waals surface area (Å²) in [5.41, 5.74) is 14.4. The standard InChI is InChI=1S/C72H101N17O17S2.C2HF3O2/c1-38(2)26-50(64(97)88-60(40(5)91)71(104)83-52(29-43-31-76-48-17-10-9-16-46(43)48)65(98)87-59(39(3)4)70(103)86-56(36-108)67(100)79-49(72(105)106)18-11-12-24-73)82-69(102)57-19-13-25-89(57)58(93)33-77-62(95)51(28-41-14-7-6-8-15-41)80-63(96)53(30-44-32-75-37-78-44)81-68(101)55(35-107)85-66(99)54(34-90)84-61(94)47(74)27-42-20-22-45(92)23-21-42;3-2(4,5)1(6)7/h6-10,14-17,20-23,31-32,37-40,47,49-57,59-60,76,90-92,107-108H,11-13,18-19,24-30,33-36,73-74H2,1-5H3,(H,75,78)(H,77,95)(H,79,100)(H,80,96)(H,81,101)(H,82,102)(H,83,104)(H,84,94)(H,85,99)(H,86,103)(H,87,98)(H,88,97)(H,105,106);(H,6,7). The molecule has 13 atom stereocenters. The number of aliphatic hydroxyl groups is 2. The van der Waals surface area contributed by atoms with E-state index in [0.29, 0.717) is 59.1 Å². The van der Waals surface area contributed by atoms with Crippen molar-refractivity contribution in [2.45, 2.75) is 184 Å². The highest BCUT2D eigenvalue weighted by molar-refractivity contribution is 7.80. The van der Waals surface area contributed by atoms with E-state index in [1.807, 2.05) is 0 Å². The van der Waals surface area contributed by atoms with Gasteiger partial charge in [0.05, 0.1) is 31.6 Å². The Hall–Kier alpha value is -10.9.